The van der Waals surface area contributed by atoms with Crippen molar-refractivity contribution in [1.82, 2.24) is 4.90 Å². The lowest BCUT2D eigenvalue weighted by Crippen LogP contribution is -2.33. The molecule has 2 amide bonds. The summed E-state index contributed by atoms with van der Waals surface area (Å²) in [7, 11) is 1.35. The molecule has 1 saturated heterocycles. The van der Waals surface area contributed by atoms with Crippen LogP contribution in [0.4, 0.5) is 5.00 Å². The van der Waals surface area contributed by atoms with Crippen LogP contribution >= 0.6 is 23.1 Å². The number of fused-ring (bicyclic) bond motifs is 1. The summed E-state index contributed by atoms with van der Waals surface area (Å²) in [4.78, 5) is 44.8. The lowest BCUT2D eigenvalue weighted by atomic mass is 9.88. The largest absolute Gasteiger partial charge is 0.465 e. The number of carbonyl (C=O) groups is 3. The number of amidine groups is 1. The van der Waals surface area contributed by atoms with Crippen molar-refractivity contribution in [3.63, 3.8) is 0 Å². The van der Waals surface area contributed by atoms with E-state index in [0.717, 1.165) is 29.7 Å². The van der Waals surface area contributed by atoms with Crippen LogP contribution in [0.15, 0.2) is 4.99 Å². The average Bonchev–Trinajstić information content (AvgIpc) is 3.17. The number of anilines is 1. The minimum atomic E-state index is -0.489. The smallest absolute Gasteiger partial charge is 0.341 e. The zero-order chi connectivity index (χ0) is 21.1. The van der Waals surface area contributed by atoms with E-state index in [4.69, 9.17) is 4.74 Å². The molecule has 9 heteroatoms. The number of methoxy groups -OCH3 is 1. The van der Waals surface area contributed by atoms with Crippen LogP contribution in [0.5, 0.6) is 0 Å². The minimum Gasteiger partial charge on any atom is -0.465 e. The van der Waals surface area contributed by atoms with Crippen molar-refractivity contribution >= 4 is 51.1 Å². The van der Waals surface area contributed by atoms with Gasteiger partial charge in [-0.1, -0.05) is 18.7 Å². The molecule has 0 spiro atoms. The molecule has 1 N–H and O–H groups in total. The van der Waals surface area contributed by atoms with Gasteiger partial charge in [0.25, 0.3) is 0 Å². The summed E-state index contributed by atoms with van der Waals surface area (Å²) in [6.45, 7) is 7.12. The molecule has 0 aromatic carbocycles. The van der Waals surface area contributed by atoms with Crippen molar-refractivity contribution in [3.05, 3.63) is 16.0 Å². The molecule has 0 unspecified atom stereocenters. The molecular weight excluding hydrogens is 410 g/mol. The third-order valence-electron chi connectivity index (χ3n) is 5.15. The number of esters is 1. The Kier molecular flexibility index (Phi) is 7.00. The quantitative estimate of drug-likeness (QED) is 0.690. The lowest BCUT2D eigenvalue weighted by Gasteiger charge is -2.18. The van der Waals surface area contributed by atoms with Gasteiger partial charge in [-0.2, -0.15) is 0 Å². The van der Waals surface area contributed by atoms with Gasteiger partial charge in [0, 0.05) is 24.4 Å². The number of hydrogen-bond donors (Lipinski definition) is 1. The molecule has 2 atom stereocenters. The molecule has 7 nitrogen and oxygen atoms in total. The maximum Gasteiger partial charge on any atom is 0.341 e. The maximum absolute atomic E-state index is 12.7. The van der Waals surface area contributed by atoms with Crippen molar-refractivity contribution in [1.29, 1.82) is 0 Å². The highest BCUT2D eigenvalue weighted by molar-refractivity contribution is 8.15. The van der Waals surface area contributed by atoms with Gasteiger partial charge in [0.2, 0.25) is 11.8 Å². The van der Waals surface area contributed by atoms with E-state index in [1.165, 1.54) is 30.2 Å². The van der Waals surface area contributed by atoms with E-state index in [1.807, 2.05) is 13.8 Å². The summed E-state index contributed by atoms with van der Waals surface area (Å²) in [5.74, 6) is -0.235. The van der Waals surface area contributed by atoms with Crippen LogP contribution in [0.2, 0.25) is 0 Å². The second-order valence-electron chi connectivity index (χ2n) is 7.25. The molecule has 1 fully saturated rings. The summed E-state index contributed by atoms with van der Waals surface area (Å²) in [5, 5.41) is 3.60. The second kappa shape index (κ2) is 9.30. The van der Waals surface area contributed by atoms with Crippen molar-refractivity contribution in [2.45, 2.75) is 51.7 Å². The Morgan fingerprint density at radius 2 is 2.10 bits per heavy atom. The number of hydrogen-bond acceptors (Lipinski definition) is 7. The number of rotatable bonds is 6. The molecule has 1 aromatic heterocycles. The normalized spacial score (nSPS) is 22.7. The first-order valence-electron chi connectivity index (χ1n) is 9.94. The predicted molar refractivity (Wildman–Crippen MR) is 117 cm³/mol. The van der Waals surface area contributed by atoms with E-state index in [9.17, 15) is 14.4 Å². The minimum absolute atomic E-state index is 0.0440. The first-order chi connectivity index (χ1) is 13.9. The molecule has 0 saturated carbocycles. The number of nitrogens with one attached hydrogen (secondary N) is 1. The molecule has 29 heavy (non-hydrogen) atoms. The Morgan fingerprint density at radius 1 is 1.34 bits per heavy atom. The van der Waals surface area contributed by atoms with Crippen LogP contribution in [0.25, 0.3) is 0 Å². The van der Waals surface area contributed by atoms with Crippen LogP contribution in [-0.4, -0.2) is 53.3 Å². The zero-order valence-electron chi connectivity index (χ0n) is 17.2. The second-order valence-corrected chi connectivity index (χ2v) is 9.52. The van der Waals surface area contributed by atoms with Gasteiger partial charge in [-0.3, -0.25) is 19.5 Å². The fourth-order valence-electron chi connectivity index (χ4n) is 3.69. The zero-order valence-corrected chi connectivity index (χ0v) is 18.9. The van der Waals surface area contributed by atoms with E-state index < -0.39 is 11.2 Å². The molecule has 0 bridgehead atoms. The summed E-state index contributed by atoms with van der Waals surface area (Å²) < 4.78 is 4.97. The monoisotopic (exact) mass is 437 g/mol. The highest BCUT2D eigenvalue weighted by Gasteiger charge is 2.38. The molecule has 2 heterocycles. The van der Waals surface area contributed by atoms with E-state index in [-0.39, 0.29) is 18.2 Å². The Labute approximate surface area is 179 Å². The summed E-state index contributed by atoms with van der Waals surface area (Å²) in [6.07, 6.45) is 2.77. The molecule has 158 valence electrons. The SMILES string of the molecule is CCN=C1S[C@@H](CC(=O)Nc2sc3c(c2C(=O)OC)CC[C@H](C)C3)C(=O)N1CC. The first-order valence-corrected chi connectivity index (χ1v) is 11.6. The van der Waals surface area contributed by atoms with Gasteiger partial charge in [-0.05, 0) is 44.6 Å². The molecular formula is C20H27N3O4S2. The lowest BCUT2D eigenvalue weighted by molar-refractivity contribution is -0.128. The third kappa shape index (κ3) is 4.50. The summed E-state index contributed by atoms with van der Waals surface area (Å²) >= 11 is 2.79. The van der Waals surface area contributed by atoms with Crippen molar-refractivity contribution in [3.8, 4) is 0 Å². The fraction of sp³-hybridized carbons (Fsp3) is 0.600. The number of aliphatic imine (C=N–C) groups is 1. The average molecular weight is 438 g/mol. The molecule has 1 aromatic rings. The van der Waals surface area contributed by atoms with Crippen LogP contribution in [0, 0.1) is 5.92 Å². The molecule has 3 rings (SSSR count). The van der Waals surface area contributed by atoms with Crippen LogP contribution in [0.3, 0.4) is 0 Å². The van der Waals surface area contributed by atoms with E-state index in [0.29, 0.717) is 34.7 Å². The standard InChI is InChI=1S/C20H27N3O4S2/c1-5-21-20-23(6-2)18(25)14(29-20)10-15(24)22-17-16(19(26)27-4)12-8-7-11(3)9-13(12)28-17/h11,14H,5-10H2,1-4H3,(H,22,24)/t11-,14-/m0/s1. The van der Waals surface area contributed by atoms with Crippen LogP contribution in [0.1, 0.15) is 54.4 Å². The van der Waals surface area contributed by atoms with Crippen molar-refractivity contribution < 1.29 is 19.1 Å². The Morgan fingerprint density at radius 3 is 2.76 bits per heavy atom. The Balaban J connectivity index is 1.77. The topological polar surface area (TPSA) is 88.1 Å². The van der Waals surface area contributed by atoms with Gasteiger partial charge >= 0.3 is 5.97 Å². The van der Waals surface area contributed by atoms with Crippen LogP contribution < -0.4 is 5.32 Å². The summed E-state index contributed by atoms with van der Waals surface area (Å²) in [5.41, 5.74) is 1.47. The number of amides is 2. The third-order valence-corrected chi connectivity index (χ3v) is 7.54. The molecule has 1 aliphatic heterocycles. The van der Waals surface area contributed by atoms with Crippen LogP contribution in [-0.2, 0) is 27.2 Å². The number of thiophene rings is 1. The Bertz CT molecular complexity index is 849. The number of thioether (sulfide) groups is 1. The van der Waals surface area contributed by atoms with Gasteiger partial charge in [-0.15, -0.1) is 11.3 Å². The first kappa shape index (κ1) is 21.8. The van der Waals surface area contributed by atoms with E-state index in [1.54, 1.807) is 4.90 Å². The predicted octanol–water partition coefficient (Wildman–Crippen LogP) is 3.33. The highest BCUT2D eigenvalue weighted by Crippen LogP contribution is 2.40. The van der Waals surface area contributed by atoms with Crippen molar-refractivity contribution in [2.75, 3.05) is 25.5 Å². The van der Waals surface area contributed by atoms with Gasteiger partial charge in [0.15, 0.2) is 5.17 Å². The number of carbonyl (C=O) groups excluding carboxylic acids is 3. The van der Waals surface area contributed by atoms with E-state index in [2.05, 4.69) is 17.2 Å². The highest BCUT2D eigenvalue weighted by atomic mass is 32.2. The Hall–Kier alpha value is -1.87. The van der Waals surface area contributed by atoms with Gasteiger partial charge in [0.1, 0.15) is 10.3 Å². The van der Waals surface area contributed by atoms with Gasteiger partial charge in [0.05, 0.1) is 12.7 Å². The molecule has 1 aliphatic carbocycles. The molecule has 0 radical (unpaired) electrons. The van der Waals surface area contributed by atoms with E-state index >= 15 is 0 Å². The van der Waals surface area contributed by atoms with Crippen molar-refractivity contribution in [2.24, 2.45) is 10.9 Å². The van der Waals surface area contributed by atoms with Gasteiger partial charge in [-0.25, -0.2) is 4.79 Å². The number of nitrogens with zero attached hydrogens (tertiary/aromatic N) is 2. The fourth-order valence-corrected chi connectivity index (χ4v) is 6.37. The number of ether oxygens (including phenoxy) is 1. The van der Waals surface area contributed by atoms with Gasteiger partial charge < -0.3 is 10.1 Å². The summed E-state index contributed by atoms with van der Waals surface area (Å²) in [6, 6.07) is 0. The maximum atomic E-state index is 12.7. The molecule has 2 aliphatic rings.